The molecule has 0 bridgehead atoms. The molecule has 0 radical (unpaired) electrons. The van der Waals surface area contributed by atoms with Crippen LogP contribution < -0.4 is 10.9 Å². The monoisotopic (exact) mass is 547 g/mol. The number of aryl methyl sites for hydroxylation is 1. The van der Waals surface area contributed by atoms with Gasteiger partial charge in [-0.3, -0.25) is 25.2 Å². The fourth-order valence-electron chi connectivity index (χ4n) is 6.15. The van der Waals surface area contributed by atoms with Crippen molar-refractivity contribution in [1.29, 1.82) is 0 Å². The number of aromatic amines is 1. The first-order chi connectivity index (χ1) is 19.8. The highest BCUT2D eigenvalue weighted by molar-refractivity contribution is 6.04. The summed E-state index contributed by atoms with van der Waals surface area (Å²) in [7, 11) is 2.02. The number of rotatable bonds is 6. The first kappa shape index (κ1) is 26.4. The number of H-pyrrole nitrogens is 1. The number of hydrogen-bond donors (Lipinski definition) is 3. The van der Waals surface area contributed by atoms with Gasteiger partial charge in [-0.1, -0.05) is 74.9 Å². The van der Waals surface area contributed by atoms with E-state index in [2.05, 4.69) is 39.5 Å². The van der Waals surface area contributed by atoms with Crippen LogP contribution in [-0.2, 0) is 11.8 Å². The molecule has 3 N–H and O–H groups in total. The molecule has 3 heterocycles. The SMILES string of the molecule is CCC(C)C(C(=O)NNC(=O)c1cc2ccccc2[nH]1)N1C(=O)c2ccccc2C1c1c(C)n(C)c2ccccc12. The summed E-state index contributed by atoms with van der Waals surface area (Å²) in [4.78, 5) is 45.8. The molecule has 1 aliphatic heterocycles. The molecule has 0 aliphatic carbocycles. The van der Waals surface area contributed by atoms with Crippen molar-refractivity contribution < 1.29 is 14.4 Å². The summed E-state index contributed by atoms with van der Waals surface area (Å²) in [6.07, 6.45) is 0.662. The van der Waals surface area contributed by atoms with Crippen LogP contribution in [0.2, 0.25) is 0 Å². The first-order valence-electron chi connectivity index (χ1n) is 13.9. The van der Waals surface area contributed by atoms with E-state index in [1.54, 1.807) is 11.0 Å². The number of aromatic nitrogens is 2. The zero-order chi connectivity index (χ0) is 28.8. The van der Waals surface area contributed by atoms with E-state index < -0.39 is 23.9 Å². The maximum absolute atomic E-state index is 14.1. The number of hydrogen-bond acceptors (Lipinski definition) is 3. The van der Waals surface area contributed by atoms with E-state index in [1.165, 1.54) is 0 Å². The highest BCUT2D eigenvalue weighted by Crippen LogP contribution is 2.45. The summed E-state index contributed by atoms with van der Waals surface area (Å²) in [5, 5.41) is 1.94. The van der Waals surface area contributed by atoms with Crippen LogP contribution in [0.1, 0.15) is 64.0 Å². The Morgan fingerprint density at radius 2 is 1.68 bits per heavy atom. The van der Waals surface area contributed by atoms with Gasteiger partial charge in [-0.15, -0.1) is 0 Å². The minimum atomic E-state index is -0.828. The van der Waals surface area contributed by atoms with Gasteiger partial charge in [0.15, 0.2) is 0 Å². The number of nitrogens with zero attached hydrogens (tertiary/aromatic N) is 2. The number of fused-ring (bicyclic) bond motifs is 3. The van der Waals surface area contributed by atoms with Gasteiger partial charge in [0.05, 0.1) is 6.04 Å². The Morgan fingerprint density at radius 3 is 2.46 bits per heavy atom. The third-order valence-electron chi connectivity index (χ3n) is 8.55. The second-order valence-electron chi connectivity index (χ2n) is 10.8. The standard InChI is InChI=1S/C33H33N5O3/c1-5-19(2)29(32(40)36-35-31(39)26-18-21-12-6-10-16-25(21)34-26)38-30(22-13-7-8-14-23(22)33(38)41)28-20(3)37(4)27-17-11-9-15-24(27)28/h6-19,29-30,34H,5H2,1-4H3,(H,35,39)(H,36,40). The van der Waals surface area contributed by atoms with Gasteiger partial charge in [-0.2, -0.15) is 0 Å². The molecular weight excluding hydrogens is 514 g/mol. The summed E-state index contributed by atoms with van der Waals surface area (Å²) in [6.45, 7) is 6.02. The van der Waals surface area contributed by atoms with E-state index >= 15 is 0 Å². The molecule has 3 amide bonds. The summed E-state index contributed by atoms with van der Waals surface area (Å²) in [6, 6.07) is 23.8. The number of hydrazine groups is 1. The molecule has 0 saturated carbocycles. The number of para-hydroxylation sites is 2. The van der Waals surface area contributed by atoms with E-state index in [0.717, 1.165) is 38.6 Å². The molecule has 1 aliphatic rings. The van der Waals surface area contributed by atoms with Crippen LogP contribution >= 0.6 is 0 Å². The van der Waals surface area contributed by atoms with E-state index in [-0.39, 0.29) is 11.8 Å². The van der Waals surface area contributed by atoms with Gasteiger partial charge in [-0.25, -0.2) is 0 Å². The number of amides is 3. The highest BCUT2D eigenvalue weighted by atomic mass is 16.2. The molecule has 0 saturated heterocycles. The molecule has 2 aromatic heterocycles. The lowest BCUT2D eigenvalue weighted by Crippen LogP contribution is -2.55. The Bertz CT molecular complexity index is 1780. The van der Waals surface area contributed by atoms with E-state index in [1.807, 2.05) is 81.6 Å². The Labute approximate surface area is 238 Å². The van der Waals surface area contributed by atoms with Crippen molar-refractivity contribution in [2.45, 2.75) is 39.3 Å². The number of carbonyl (C=O) groups is 3. The van der Waals surface area contributed by atoms with Crippen LogP contribution in [0.15, 0.2) is 78.9 Å². The third kappa shape index (κ3) is 4.27. The van der Waals surface area contributed by atoms with E-state index in [9.17, 15) is 14.4 Å². The molecule has 5 aromatic rings. The Morgan fingerprint density at radius 1 is 0.976 bits per heavy atom. The lowest BCUT2D eigenvalue weighted by Gasteiger charge is -2.36. The second kappa shape index (κ2) is 10.3. The normalized spacial score (nSPS) is 16.1. The predicted molar refractivity (Wildman–Crippen MR) is 159 cm³/mol. The molecule has 208 valence electrons. The number of nitrogens with one attached hydrogen (secondary N) is 3. The number of carbonyl (C=O) groups excluding carboxylic acids is 3. The van der Waals surface area contributed by atoms with Crippen molar-refractivity contribution in [3.63, 3.8) is 0 Å². The third-order valence-corrected chi connectivity index (χ3v) is 8.55. The summed E-state index contributed by atoms with van der Waals surface area (Å²) in [5.41, 5.74) is 10.9. The largest absolute Gasteiger partial charge is 0.350 e. The summed E-state index contributed by atoms with van der Waals surface area (Å²) < 4.78 is 2.13. The minimum Gasteiger partial charge on any atom is -0.350 e. The van der Waals surface area contributed by atoms with Crippen molar-refractivity contribution in [2.24, 2.45) is 13.0 Å². The topological polar surface area (TPSA) is 99.2 Å². The molecule has 8 heteroatoms. The van der Waals surface area contributed by atoms with Crippen molar-refractivity contribution in [3.8, 4) is 0 Å². The summed E-state index contributed by atoms with van der Waals surface area (Å²) >= 11 is 0. The first-order valence-corrected chi connectivity index (χ1v) is 13.9. The van der Waals surface area contributed by atoms with Crippen molar-refractivity contribution >= 4 is 39.5 Å². The lowest BCUT2D eigenvalue weighted by atomic mass is 9.91. The van der Waals surface area contributed by atoms with Gasteiger partial charge in [-0.05, 0) is 42.7 Å². The van der Waals surface area contributed by atoms with Crippen LogP contribution in [0.4, 0.5) is 0 Å². The Hall–Kier alpha value is -4.85. The number of benzene rings is 3. The van der Waals surface area contributed by atoms with Crippen molar-refractivity contribution in [1.82, 2.24) is 25.3 Å². The van der Waals surface area contributed by atoms with E-state index in [4.69, 9.17) is 0 Å². The quantitative estimate of drug-likeness (QED) is 0.249. The maximum Gasteiger partial charge on any atom is 0.286 e. The van der Waals surface area contributed by atoms with Gasteiger partial charge < -0.3 is 14.5 Å². The van der Waals surface area contributed by atoms with Crippen LogP contribution in [0, 0.1) is 12.8 Å². The lowest BCUT2D eigenvalue weighted by molar-refractivity contribution is -0.128. The molecule has 3 aromatic carbocycles. The van der Waals surface area contributed by atoms with Crippen molar-refractivity contribution in [3.05, 3.63) is 107 Å². The van der Waals surface area contributed by atoms with Crippen LogP contribution in [0.25, 0.3) is 21.8 Å². The Balaban J connectivity index is 1.38. The predicted octanol–water partition coefficient (Wildman–Crippen LogP) is 5.39. The fraction of sp³-hybridized carbons (Fsp3) is 0.242. The molecule has 6 rings (SSSR count). The average Bonchev–Trinajstić information content (AvgIpc) is 3.63. The van der Waals surface area contributed by atoms with Gasteiger partial charge in [0.25, 0.3) is 17.7 Å². The van der Waals surface area contributed by atoms with Crippen LogP contribution in [0.5, 0.6) is 0 Å². The minimum absolute atomic E-state index is 0.184. The van der Waals surface area contributed by atoms with Crippen LogP contribution in [0.3, 0.4) is 0 Å². The van der Waals surface area contributed by atoms with Gasteiger partial charge in [0.1, 0.15) is 11.7 Å². The maximum atomic E-state index is 14.1. The zero-order valence-electron chi connectivity index (χ0n) is 23.6. The van der Waals surface area contributed by atoms with Gasteiger partial charge in [0.2, 0.25) is 0 Å². The van der Waals surface area contributed by atoms with Gasteiger partial charge >= 0.3 is 0 Å². The highest BCUT2D eigenvalue weighted by Gasteiger charge is 2.47. The zero-order valence-corrected chi connectivity index (χ0v) is 23.6. The van der Waals surface area contributed by atoms with E-state index in [0.29, 0.717) is 17.7 Å². The Kier molecular flexibility index (Phi) is 6.61. The molecule has 0 spiro atoms. The molecule has 3 unspecified atom stereocenters. The molecular formula is C33H33N5O3. The van der Waals surface area contributed by atoms with Crippen molar-refractivity contribution in [2.75, 3.05) is 0 Å². The smallest absolute Gasteiger partial charge is 0.286 e. The molecule has 8 nitrogen and oxygen atoms in total. The molecule has 3 atom stereocenters. The second-order valence-corrected chi connectivity index (χ2v) is 10.8. The fourth-order valence-corrected chi connectivity index (χ4v) is 6.15. The van der Waals surface area contributed by atoms with Crippen LogP contribution in [-0.4, -0.2) is 38.2 Å². The van der Waals surface area contributed by atoms with Gasteiger partial charge in [0, 0.05) is 45.7 Å². The molecule has 41 heavy (non-hydrogen) atoms. The average molecular weight is 548 g/mol. The molecule has 0 fully saturated rings. The summed E-state index contributed by atoms with van der Waals surface area (Å²) in [5.74, 6) is -1.28.